The molecule has 0 fully saturated rings. The predicted octanol–water partition coefficient (Wildman–Crippen LogP) is 5.22. The predicted molar refractivity (Wildman–Crippen MR) is 121 cm³/mol. The van der Waals surface area contributed by atoms with Gasteiger partial charge in [0.25, 0.3) is 0 Å². The van der Waals surface area contributed by atoms with Crippen LogP contribution in [0.1, 0.15) is 11.3 Å². The Labute approximate surface area is 183 Å². The summed E-state index contributed by atoms with van der Waals surface area (Å²) in [6.45, 7) is 2.07. The summed E-state index contributed by atoms with van der Waals surface area (Å²) >= 11 is 3.23. The molecular formula is C22H22N4O2S2. The summed E-state index contributed by atoms with van der Waals surface area (Å²) in [7, 11) is 5.29. The van der Waals surface area contributed by atoms with E-state index in [0.717, 1.165) is 50.1 Å². The Morgan fingerprint density at radius 1 is 1.03 bits per heavy atom. The van der Waals surface area contributed by atoms with Gasteiger partial charge in [-0.1, -0.05) is 41.6 Å². The van der Waals surface area contributed by atoms with E-state index in [1.54, 1.807) is 37.3 Å². The third-order valence-electron chi connectivity index (χ3n) is 4.68. The van der Waals surface area contributed by atoms with Crippen LogP contribution >= 0.6 is 23.1 Å². The Morgan fingerprint density at radius 2 is 1.83 bits per heavy atom. The van der Waals surface area contributed by atoms with Crippen molar-refractivity contribution in [1.29, 1.82) is 0 Å². The second kappa shape index (κ2) is 8.89. The van der Waals surface area contributed by atoms with Gasteiger partial charge < -0.3 is 14.0 Å². The van der Waals surface area contributed by atoms with Crippen molar-refractivity contribution in [3.05, 3.63) is 59.1 Å². The average Bonchev–Trinajstić information content (AvgIpc) is 3.39. The van der Waals surface area contributed by atoms with Gasteiger partial charge in [-0.25, -0.2) is 4.98 Å². The van der Waals surface area contributed by atoms with E-state index >= 15 is 0 Å². The quantitative estimate of drug-likeness (QED) is 0.369. The van der Waals surface area contributed by atoms with Gasteiger partial charge in [0.15, 0.2) is 11.0 Å². The maximum absolute atomic E-state index is 5.51. The Hall–Kier alpha value is -2.84. The molecule has 154 valence electrons. The molecule has 8 heteroatoms. The first kappa shape index (κ1) is 20.4. The molecule has 0 spiro atoms. The Kier molecular flexibility index (Phi) is 6.06. The molecule has 0 unspecified atom stereocenters. The van der Waals surface area contributed by atoms with Crippen molar-refractivity contribution in [2.45, 2.75) is 17.8 Å². The third-order valence-corrected chi connectivity index (χ3v) is 6.66. The number of thiazole rings is 1. The highest BCUT2D eigenvalue weighted by molar-refractivity contribution is 7.98. The molecule has 0 saturated carbocycles. The first-order valence-electron chi connectivity index (χ1n) is 9.35. The largest absolute Gasteiger partial charge is 0.497 e. The molecule has 0 bridgehead atoms. The van der Waals surface area contributed by atoms with Crippen LogP contribution in [0.5, 0.6) is 11.5 Å². The summed E-state index contributed by atoms with van der Waals surface area (Å²) in [5, 5.41) is 12.6. The minimum Gasteiger partial charge on any atom is -0.497 e. The number of rotatable bonds is 7. The summed E-state index contributed by atoms with van der Waals surface area (Å²) in [6.07, 6.45) is 0. The fraction of sp³-hybridized carbons (Fsp3) is 0.227. The minimum absolute atomic E-state index is 0.717. The topological polar surface area (TPSA) is 62.1 Å². The summed E-state index contributed by atoms with van der Waals surface area (Å²) in [5.74, 6) is 3.09. The van der Waals surface area contributed by atoms with Crippen LogP contribution in [0, 0.1) is 6.92 Å². The summed E-state index contributed by atoms with van der Waals surface area (Å²) in [6, 6.07) is 14.1. The van der Waals surface area contributed by atoms with E-state index < -0.39 is 0 Å². The molecule has 0 atom stereocenters. The van der Waals surface area contributed by atoms with Gasteiger partial charge in [-0.2, -0.15) is 0 Å². The van der Waals surface area contributed by atoms with Gasteiger partial charge in [0.05, 0.1) is 25.5 Å². The molecule has 0 N–H and O–H groups in total. The van der Waals surface area contributed by atoms with E-state index in [0.29, 0.717) is 0 Å². The standard InChI is InChI=1S/C22H22N4O2S2/c1-14-5-7-15(8-6-14)20-24-25-22(26(20)2)30-13-16-12-29-21(23-16)18-10-9-17(27-3)11-19(18)28-4/h5-12H,13H2,1-4H3. The van der Waals surface area contributed by atoms with Crippen LogP contribution in [0.4, 0.5) is 0 Å². The smallest absolute Gasteiger partial charge is 0.191 e. The molecule has 4 aromatic rings. The zero-order valence-corrected chi connectivity index (χ0v) is 18.9. The summed E-state index contributed by atoms with van der Waals surface area (Å²) in [5.41, 5.74) is 4.24. The minimum atomic E-state index is 0.717. The fourth-order valence-corrected chi connectivity index (χ4v) is 4.76. The third kappa shape index (κ3) is 4.20. The number of thioether (sulfide) groups is 1. The highest BCUT2D eigenvalue weighted by Gasteiger charge is 2.14. The maximum Gasteiger partial charge on any atom is 0.191 e. The molecule has 2 heterocycles. The number of hydrogen-bond acceptors (Lipinski definition) is 7. The van der Waals surface area contributed by atoms with Crippen LogP contribution in [-0.2, 0) is 12.8 Å². The zero-order chi connectivity index (χ0) is 21.1. The number of nitrogens with zero attached hydrogens (tertiary/aromatic N) is 4. The Morgan fingerprint density at radius 3 is 2.57 bits per heavy atom. The van der Waals surface area contributed by atoms with Crippen molar-refractivity contribution in [3.8, 4) is 33.5 Å². The number of aromatic nitrogens is 4. The summed E-state index contributed by atoms with van der Waals surface area (Å²) < 4.78 is 12.8. The van der Waals surface area contributed by atoms with Crippen LogP contribution in [-0.4, -0.2) is 34.0 Å². The molecule has 2 aromatic carbocycles. The van der Waals surface area contributed by atoms with E-state index in [2.05, 4.69) is 46.8 Å². The number of benzene rings is 2. The normalized spacial score (nSPS) is 10.9. The molecule has 4 rings (SSSR count). The first-order chi connectivity index (χ1) is 14.6. The molecule has 0 aliphatic heterocycles. The average molecular weight is 439 g/mol. The van der Waals surface area contributed by atoms with E-state index in [1.165, 1.54) is 5.56 Å². The zero-order valence-electron chi connectivity index (χ0n) is 17.2. The van der Waals surface area contributed by atoms with Crippen molar-refractivity contribution in [2.75, 3.05) is 14.2 Å². The van der Waals surface area contributed by atoms with Gasteiger partial charge in [-0.15, -0.1) is 21.5 Å². The van der Waals surface area contributed by atoms with Crippen molar-refractivity contribution < 1.29 is 9.47 Å². The lowest BCUT2D eigenvalue weighted by atomic mass is 10.1. The van der Waals surface area contributed by atoms with Gasteiger partial charge >= 0.3 is 0 Å². The Balaban J connectivity index is 1.49. The molecule has 6 nitrogen and oxygen atoms in total. The monoisotopic (exact) mass is 438 g/mol. The van der Waals surface area contributed by atoms with Gasteiger partial charge in [-0.05, 0) is 19.1 Å². The number of aryl methyl sites for hydroxylation is 1. The van der Waals surface area contributed by atoms with E-state index in [9.17, 15) is 0 Å². The van der Waals surface area contributed by atoms with Crippen LogP contribution in [0.3, 0.4) is 0 Å². The van der Waals surface area contributed by atoms with Gasteiger partial charge in [0.2, 0.25) is 0 Å². The lowest BCUT2D eigenvalue weighted by Gasteiger charge is -2.08. The van der Waals surface area contributed by atoms with E-state index in [4.69, 9.17) is 14.5 Å². The first-order valence-corrected chi connectivity index (χ1v) is 11.2. The molecule has 0 saturated heterocycles. The second-order valence-corrected chi connectivity index (χ2v) is 8.53. The van der Waals surface area contributed by atoms with Crippen LogP contribution in [0.2, 0.25) is 0 Å². The van der Waals surface area contributed by atoms with E-state index in [1.807, 2.05) is 29.8 Å². The maximum atomic E-state index is 5.51. The molecule has 2 aromatic heterocycles. The van der Waals surface area contributed by atoms with Crippen LogP contribution in [0.25, 0.3) is 22.0 Å². The van der Waals surface area contributed by atoms with Gasteiger partial charge in [0.1, 0.15) is 16.5 Å². The lowest BCUT2D eigenvalue weighted by Crippen LogP contribution is -1.95. The fourth-order valence-electron chi connectivity index (χ4n) is 3.01. The molecular weight excluding hydrogens is 416 g/mol. The van der Waals surface area contributed by atoms with E-state index in [-0.39, 0.29) is 0 Å². The molecule has 0 aliphatic rings. The molecule has 0 radical (unpaired) electrons. The second-order valence-electron chi connectivity index (χ2n) is 6.73. The highest BCUT2D eigenvalue weighted by atomic mass is 32.2. The van der Waals surface area contributed by atoms with Crippen molar-refractivity contribution >= 4 is 23.1 Å². The molecule has 30 heavy (non-hydrogen) atoms. The number of hydrogen-bond donors (Lipinski definition) is 0. The molecule has 0 amide bonds. The van der Waals surface area contributed by atoms with Gasteiger partial charge in [0, 0.05) is 29.8 Å². The van der Waals surface area contributed by atoms with Crippen LogP contribution in [0.15, 0.2) is 53.0 Å². The number of methoxy groups -OCH3 is 2. The summed E-state index contributed by atoms with van der Waals surface area (Å²) in [4.78, 5) is 4.78. The Bertz CT molecular complexity index is 1150. The van der Waals surface area contributed by atoms with Crippen molar-refractivity contribution in [1.82, 2.24) is 19.7 Å². The SMILES string of the molecule is COc1ccc(-c2nc(CSc3nnc(-c4ccc(C)cc4)n3C)cs2)c(OC)c1. The lowest BCUT2D eigenvalue weighted by molar-refractivity contribution is 0.395. The highest BCUT2D eigenvalue weighted by Crippen LogP contribution is 2.36. The van der Waals surface area contributed by atoms with Crippen molar-refractivity contribution in [3.63, 3.8) is 0 Å². The number of ether oxygens (including phenoxy) is 2. The van der Waals surface area contributed by atoms with Crippen LogP contribution < -0.4 is 9.47 Å². The molecule has 0 aliphatic carbocycles. The van der Waals surface area contributed by atoms with Crippen molar-refractivity contribution in [2.24, 2.45) is 7.05 Å². The van der Waals surface area contributed by atoms with Gasteiger partial charge in [-0.3, -0.25) is 0 Å².